The first-order chi connectivity index (χ1) is 10.3. The zero-order valence-electron chi connectivity index (χ0n) is 12.3. The molecule has 1 N–H and O–H groups in total. The molecule has 1 unspecified atom stereocenters. The van der Waals surface area contributed by atoms with Crippen LogP contribution < -0.4 is 0 Å². The fourth-order valence-corrected chi connectivity index (χ4v) is 1.88. The van der Waals surface area contributed by atoms with E-state index < -0.39 is 17.9 Å². The number of nitrogens with zero attached hydrogens (tertiary/aromatic N) is 4. The minimum absolute atomic E-state index is 0.0133. The van der Waals surface area contributed by atoms with Crippen LogP contribution in [0.5, 0.6) is 0 Å². The van der Waals surface area contributed by atoms with Crippen LogP contribution in [-0.2, 0) is 4.79 Å². The van der Waals surface area contributed by atoms with Crippen molar-refractivity contribution in [3.8, 4) is 5.69 Å². The lowest BCUT2D eigenvalue weighted by Gasteiger charge is -2.19. The van der Waals surface area contributed by atoms with Gasteiger partial charge in [0.05, 0.1) is 11.9 Å². The number of hydrogen-bond donors (Lipinski definition) is 1. The number of amides is 1. The summed E-state index contributed by atoms with van der Waals surface area (Å²) in [5.41, 5.74) is 1.23. The lowest BCUT2D eigenvalue weighted by atomic mass is 10.2. The molecule has 1 heterocycles. The van der Waals surface area contributed by atoms with Gasteiger partial charge in [-0.05, 0) is 37.6 Å². The SMILES string of the molecule is Cc1cc(F)ccc1-n1cc(C(=O)N(C)C(C)C(=O)O)nn1. The lowest BCUT2D eigenvalue weighted by molar-refractivity contribution is -0.141. The summed E-state index contributed by atoms with van der Waals surface area (Å²) in [7, 11) is 1.38. The van der Waals surface area contributed by atoms with E-state index in [0.29, 0.717) is 11.3 Å². The molecule has 0 saturated heterocycles. The summed E-state index contributed by atoms with van der Waals surface area (Å²) in [6.45, 7) is 3.11. The molecule has 2 aromatic rings. The minimum Gasteiger partial charge on any atom is -0.480 e. The van der Waals surface area contributed by atoms with Crippen molar-refractivity contribution >= 4 is 11.9 Å². The second-order valence-electron chi connectivity index (χ2n) is 4.91. The second kappa shape index (κ2) is 5.92. The number of hydrogen-bond acceptors (Lipinski definition) is 4. The van der Waals surface area contributed by atoms with Gasteiger partial charge < -0.3 is 10.0 Å². The van der Waals surface area contributed by atoms with Crippen molar-refractivity contribution in [2.75, 3.05) is 7.05 Å². The molecule has 116 valence electrons. The van der Waals surface area contributed by atoms with E-state index in [0.717, 1.165) is 4.90 Å². The second-order valence-corrected chi connectivity index (χ2v) is 4.91. The molecule has 2 rings (SSSR count). The van der Waals surface area contributed by atoms with Crippen LogP contribution in [0.4, 0.5) is 4.39 Å². The summed E-state index contributed by atoms with van der Waals surface area (Å²) in [5, 5.41) is 16.5. The van der Waals surface area contributed by atoms with E-state index in [1.54, 1.807) is 6.92 Å². The zero-order valence-corrected chi connectivity index (χ0v) is 12.3. The van der Waals surface area contributed by atoms with Crippen LogP contribution >= 0.6 is 0 Å². The molecule has 0 saturated carbocycles. The number of halogens is 1. The molecule has 0 aliphatic carbocycles. The standard InChI is InChI=1S/C14H15FN4O3/c1-8-6-10(15)4-5-12(8)19-7-11(16-17-19)13(20)18(3)9(2)14(21)22/h4-7,9H,1-3H3,(H,21,22). The van der Waals surface area contributed by atoms with Gasteiger partial charge >= 0.3 is 5.97 Å². The summed E-state index contributed by atoms with van der Waals surface area (Å²) in [5.74, 6) is -2.04. The predicted molar refractivity (Wildman–Crippen MR) is 75.2 cm³/mol. The summed E-state index contributed by atoms with van der Waals surface area (Å²) >= 11 is 0. The van der Waals surface area contributed by atoms with Gasteiger partial charge in [0.15, 0.2) is 5.69 Å². The highest BCUT2D eigenvalue weighted by Gasteiger charge is 2.25. The van der Waals surface area contributed by atoms with E-state index in [-0.39, 0.29) is 11.5 Å². The van der Waals surface area contributed by atoms with Crippen LogP contribution in [0.2, 0.25) is 0 Å². The monoisotopic (exact) mass is 306 g/mol. The normalized spacial score (nSPS) is 12.0. The summed E-state index contributed by atoms with van der Waals surface area (Å²) < 4.78 is 14.5. The third-order valence-corrected chi connectivity index (χ3v) is 3.38. The number of carbonyl (C=O) groups excluding carboxylic acids is 1. The van der Waals surface area contributed by atoms with Crippen molar-refractivity contribution in [1.29, 1.82) is 0 Å². The zero-order chi connectivity index (χ0) is 16.4. The molecule has 0 aliphatic heterocycles. The molecule has 7 nitrogen and oxygen atoms in total. The molecule has 1 amide bonds. The Morgan fingerprint density at radius 1 is 1.41 bits per heavy atom. The van der Waals surface area contributed by atoms with Crippen molar-refractivity contribution in [2.45, 2.75) is 19.9 Å². The van der Waals surface area contributed by atoms with Gasteiger partial charge in [0.1, 0.15) is 11.9 Å². The van der Waals surface area contributed by atoms with Crippen LogP contribution in [-0.4, -0.2) is 50.0 Å². The average Bonchev–Trinajstić information content (AvgIpc) is 2.94. The van der Waals surface area contributed by atoms with E-state index in [1.165, 1.54) is 43.0 Å². The van der Waals surface area contributed by atoms with Gasteiger partial charge in [-0.1, -0.05) is 5.21 Å². The van der Waals surface area contributed by atoms with Crippen LogP contribution in [0.25, 0.3) is 5.69 Å². The lowest BCUT2D eigenvalue weighted by Crippen LogP contribution is -2.40. The third kappa shape index (κ3) is 2.95. The summed E-state index contributed by atoms with van der Waals surface area (Å²) in [6, 6.07) is 3.17. The van der Waals surface area contributed by atoms with Crippen molar-refractivity contribution in [3.05, 3.63) is 41.5 Å². The first kappa shape index (κ1) is 15.6. The molecule has 0 spiro atoms. The van der Waals surface area contributed by atoms with E-state index in [9.17, 15) is 14.0 Å². The number of aromatic nitrogens is 3. The molecule has 0 aliphatic rings. The molecular formula is C14H15FN4O3. The maximum absolute atomic E-state index is 13.1. The van der Waals surface area contributed by atoms with Gasteiger partial charge in [-0.3, -0.25) is 4.79 Å². The summed E-state index contributed by atoms with van der Waals surface area (Å²) in [4.78, 5) is 24.1. The van der Waals surface area contributed by atoms with Gasteiger partial charge in [0.25, 0.3) is 5.91 Å². The van der Waals surface area contributed by atoms with Crippen LogP contribution in [0.1, 0.15) is 23.0 Å². The Morgan fingerprint density at radius 3 is 2.68 bits per heavy atom. The van der Waals surface area contributed by atoms with Crippen LogP contribution in [0, 0.1) is 12.7 Å². The fourth-order valence-electron chi connectivity index (χ4n) is 1.88. The van der Waals surface area contributed by atoms with Crippen molar-refractivity contribution < 1.29 is 19.1 Å². The molecule has 0 bridgehead atoms. The van der Waals surface area contributed by atoms with E-state index >= 15 is 0 Å². The van der Waals surface area contributed by atoms with Crippen molar-refractivity contribution in [2.24, 2.45) is 0 Å². The highest BCUT2D eigenvalue weighted by atomic mass is 19.1. The number of carboxylic acids is 1. The van der Waals surface area contributed by atoms with Crippen LogP contribution in [0.3, 0.4) is 0 Å². The largest absolute Gasteiger partial charge is 0.480 e. The summed E-state index contributed by atoms with van der Waals surface area (Å²) in [6.07, 6.45) is 1.38. The Balaban J connectivity index is 2.28. The van der Waals surface area contributed by atoms with Crippen molar-refractivity contribution in [1.82, 2.24) is 19.9 Å². The Morgan fingerprint density at radius 2 is 2.09 bits per heavy atom. The molecule has 1 aromatic carbocycles. The Kier molecular flexibility index (Phi) is 4.20. The first-order valence-electron chi connectivity index (χ1n) is 6.50. The fraction of sp³-hybridized carbons (Fsp3) is 0.286. The topological polar surface area (TPSA) is 88.3 Å². The van der Waals surface area contributed by atoms with Gasteiger partial charge in [-0.25, -0.2) is 13.9 Å². The molecule has 1 atom stereocenters. The average molecular weight is 306 g/mol. The molecule has 22 heavy (non-hydrogen) atoms. The highest BCUT2D eigenvalue weighted by molar-refractivity contribution is 5.94. The Labute approximate surface area is 126 Å². The molecule has 0 fully saturated rings. The number of likely N-dealkylation sites (N-methyl/N-ethyl adjacent to an activating group) is 1. The number of benzene rings is 1. The Hall–Kier alpha value is -2.77. The maximum atomic E-state index is 13.1. The third-order valence-electron chi connectivity index (χ3n) is 3.38. The van der Waals surface area contributed by atoms with Crippen molar-refractivity contribution in [3.63, 3.8) is 0 Å². The van der Waals surface area contributed by atoms with E-state index in [2.05, 4.69) is 10.3 Å². The molecular weight excluding hydrogens is 291 g/mol. The highest BCUT2D eigenvalue weighted by Crippen LogP contribution is 2.15. The Bertz CT molecular complexity index is 729. The van der Waals surface area contributed by atoms with Gasteiger partial charge in [-0.15, -0.1) is 5.10 Å². The molecule has 0 radical (unpaired) electrons. The van der Waals surface area contributed by atoms with E-state index in [1.807, 2.05) is 0 Å². The number of rotatable bonds is 4. The quantitative estimate of drug-likeness (QED) is 0.918. The number of carbonyl (C=O) groups is 2. The van der Waals surface area contributed by atoms with Gasteiger partial charge in [0.2, 0.25) is 0 Å². The number of aliphatic carboxylic acids is 1. The van der Waals surface area contributed by atoms with Gasteiger partial charge in [-0.2, -0.15) is 0 Å². The minimum atomic E-state index is -1.11. The maximum Gasteiger partial charge on any atom is 0.326 e. The number of carboxylic acid groups (broad SMARTS) is 1. The van der Waals surface area contributed by atoms with Gasteiger partial charge in [0, 0.05) is 7.05 Å². The van der Waals surface area contributed by atoms with Crippen LogP contribution in [0.15, 0.2) is 24.4 Å². The molecule has 1 aromatic heterocycles. The predicted octanol–water partition coefficient (Wildman–Crippen LogP) is 1.26. The first-order valence-corrected chi connectivity index (χ1v) is 6.50. The smallest absolute Gasteiger partial charge is 0.326 e. The number of aryl methyl sites for hydroxylation is 1. The molecule has 8 heteroatoms. The van der Waals surface area contributed by atoms with E-state index in [4.69, 9.17) is 5.11 Å².